The lowest BCUT2D eigenvalue weighted by Crippen LogP contribution is -2.16. The topological polar surface area (TPSA) is 122 Å². The van der Waals surface area contributed by atoms with Crippen LogP contribution in [0.15, 0.2) is 39.4 Å². The lowest BCUT2D eigenvalue weighted by atomic mass is 10.0. The molecule has 0 aliphatic carbocycles. The van der Waals surface area contributed by atoms with Crippen molar-refractivity contribution in [3.8, 4) is 11.8 Å². The van der Waals surface area contributed by atoms with Crippen molar-refractivity contribution in [1.29, 1.82) is 5.26 Å². The van der Waals surface area contributed by atoms with Gasteiger partial charge in [0.1, 0.15) is 24.3 Å². The van der Waals surface area contributed by atoms with E-state index in [0.29, 0.717) is 17.9 Å². The highest BCUT2D eigenvalue weighted by Crippen LogP contribution is 2.24. The largest absolute Gasteiger partial charge is 0.487 e. The first-order valence-electron chi connectivity index (χ1n) is 6.93. The smallest absolute Gasteiger partial charge is 0.138 e. The lowest BCUT2D eigenvalue weighted by Gasteiger charge is -2.15. The van der Waals surface area contributed by atoms with Crippen molar-refractivity contribution in [2.24, 2.45) is 26.4 Å². The van der Waals surface area contributed by atoms with Gasteiger partial charge in [0.15, 0.2) is 0 Å². The molecular formula is C16H20N6O. The molecule has 0 aromatic heterocycles. The molecule has 0 aliphatic rings. The first-order valence-corrected chi connectivity index (χ1v) is 6.93. The van der Waals surface area contributed by atoms with Gasteiger partial charge in [-0.15, -0.1) is 0 Å². The molecule has 0 heterocycles. The molecule has 0 aliphatic heterocycles. The predicted molar refractivity (Wildman–Crippen MR) is 93.9 cm³/mol. The zero-order chi connectivity index (χ0) is 17.1. The zero-order valence-corrected chi connectivity index (χ0v) is 13.2. The maximum atomic E-state index is 9.21. The van der Waals surface area contributed by atoms with E-state index < -0.39 is 0 Å². The van der Waals surface area contributed by atoms with Crippen molar-refractivity contribution >= 4 is 24.5 Å². The Balaban J connectivity index is 2.98. The summed E-state index contributed by atoms with van der Waals surface area (Å²) in [6.07, 6.45) is 5.38. The molecule has 7 nitrogen and oxygen atoms in total. The Morgan fingerprint density at radius 2 is 2.22 bits per heavy atom. The van der Waals surface area contributed by atoms with Gasteiger partial charge in [-0.2, -0.15) is 5.26 Å². The van der Waals surface area contributed by atoms with E-state index in [4.69, 9.17) is 16.2 Å². The third kappa shape index (κ3) is 5.63. The summed E-state index contributed by atoms with van der Waals surface area (Å²) in [5.74, 6) is 0.471. The molecule has 0 saturated carbocycles. The Bertz CT molecular complexity index is 670. The van der Waals surface area contributed by atoms with Gasteiger partial charge in [-0.1, -0.05) is 6.07 Å². The average molecular weight is 312 g/mol. The molecule has 1 rings (SSSR count). The van der Waals surface area contributed by atoms with Crippen LogP contribution in [0, 0.1) is 11.3 Å². The van der Waals surface area contributed by atoms with Crippen molar-refractivity contribution in [3.05, 3.63) is 35.5 Å². The Labute approximate surface area is 135 Å². The number of aliphatic imine (C=N–C) groups is 3. The third-order valence-electron chi connectivity index (χ3n) is 2.81. The normalized spacial score (nSPS) is 13.7. The number of nitriles is 1. The number of nitrogens with zero attached hydrogens (tertiary/aromatic N) is 4. The highest BCUT2D eigenvalue weighted by atomic mass is 16.5. The molecule has 0 unspecified atom stereocenters. The minimum Gasteiger partial charge on any atom is -0.487 e. The number of allylic oxidation sites excluding steroid dienone is 1. The van der Waals surface area contributed by atoms with E-state index in [9.17, 15) is 5.26 Å². The van der Waals surface area contributed by atoms with Crippen LogP contribution in [0.5, 0.6) is 5.75 Å². The first-order chi connectivity index (χ1) is 11.2. The summed E-state index contributed by atoms with van der Waals surface area (Å²) in [6.45, 7) is 2.24. The molecule has 0 bridgehead atoms. The maximum Gasteiger partial charge on any atom is 0.138 e. The standard InChI is InChI=1S/C16H20N6O/c1-12(8-21-11-22-10-19)23-16-5-13(3-4-14(16)6-17)15(7-18)9-20-2/h3-5,7,9-12H,8,18H2,1-2H3,(H2,19,21,22)/t12-/m0/s1. The number of rotatable bonds is 7. The van der Waals surface area contributed by atoms with E-state index in [0.717, 1.165) is 17.5 Å². The summed E-state index contributed by atoms with van der Waals surface area (Å²) in [4.78, 5) is 11.7. The number of nitrogens with two attached hydrogens (primary N) is 2. The van der Waals surface area contributed by atoms with Crippen LogP contribution in [0.2, 0.25) is 0 Å². The van der Waals surface area contributed by atoms with E-state index in [1.165, 1.54) is 12.5 Å². The summed E-state index contributed by atoms with van der Waals surface area (Å²) in [5, 5.41) is 9.21. The second kappa shape index (κ2) is 9.73. The lowest BCUT2D eigenvalue weighted by molar-refractivity contribution is 0.230. The fourth-order valence-corrected chi connectivity index (χ4v) is 1.78. The van der Waals surface area contributed by atoms with Gasteiger partial charge in [0.25, 0.3) is 0 Å². The van der Waals surface area contributed by atoms with E-state index in [2.05, 4.69) is 21.0 Å². The molecule has 0 amide bonds. The van der Waals surface area contributed by atoms with Gasteiger partial charge >= 0.3 is 0 Å². The van der Waals surface area contributed by atoms with Gasteiger partial charge in [-0.3, -0.25) is 9.98 Å². The summed E-state index contributed by atoms with van der Waals surface area (Å²) in [7, 11) is 1.66. The molecule has 1 aromatic carbocycles. The van der Waals surface area contributed by atoms with Crippen LogP contribution in [0.25, 0.3) is 5.57 Å². The summed E-state index contributed by atoms with van der Waals surface area (Å²) >= 11 is 0. The van der Waals surface area contributed by atoms with Crippen LogP contribution in [0.3, 0.4) is 0 Å². The van der Waals surface area contributed by atoms with Crippen molar-refractivity contribution in [2.75, 3.05) is 13.6 Å². The molecule has 0 radical (unpaired) electrons. The Morgan fingerprint density at radius 1 is 1.43 bits per heavy atom. The van der Waals surface area contributed by atoms with Crippen LogP contribution in [-0.4, -0.2) is 38.6 Å². The SMILES string of the molecule is CN=CC(=CN)c1ccc(C#N)c(O[C@@H](C)CN=CN=CN)c1. The van der Waals surface area contributed by atoms with Crippen LogP contribution in [0.4, 0.5) is 0 Å². The van der Waals surface area contributed by atoms with E-state index in [1.54, 1.807) is 31.5 Å². The summed E-state index contributed by atoms with van der Waals surface area (Å²) in [6, 6.07) is 7.35. The molecule has 1 aromatic rings. The highest BCUT2D eigenvalue weighted by Gasteiger charge is 2.10. The van der Waals surface area contributed by atoms with E-state index in [-0.39, 0.29) is 6.10 Å². The number of hydrogen-bond donors (Lipinski definition) is 2. The van der Waals surface area contributed by atoms with Crippen molar-refractivity contribution < 1.29 is 4.74 Å². The van der Waals surface area contributed by atoms with Crippen LogP contribution < -0.4 is 16.2 Å². The second-order valence-electron chi connectivity index (χ2n) is 4.54. The van der Waals surface area contributed by atoms with Gasteiger partial charge in [0.2, 0.25) is 0 Å². The zero-order valence-electron chi connectivity index (χ0n) is 13.2. The fraction of sp³-hybridized carbons (Fsp3) is 0.250. The maximum absolute atomic E-state index is 9.21. The average Bonchev–Trinajstić information content (AvgIpc) is 2.56. The summed E-state index contributed by atoms with van der Waals surface area (Å²) < 4.78 is 5.80. The highest BCUT2D eigenvalue weighted by molar-refractivity contribution is 6.09. The van der Waals surface area contributed by atoms with Gasteiger partial charge in [-0.05, 0) is 24.6 Å². The Kier molecular flexibility index (Phi) is 7.58. The summed E-state index contributed by atoms with van der Waals surface area (Å²) in [5.41, 5.74) is 12.7. The van der Waals surface area contributed by atoms with Gasteiger partial charge < -0.3 is 16.2 Å². The van der Waals surface area contributed by atoms with Crippen LogP contribution in [-0.2, 0) is 0 Å². The molecule has 1 atom stereocenters. The Hall–Kier alpha value is -3.14. The number of ether oxygens (including phenoxy) is 1. The van der Waals surface area contributed by atoms with E-state index in [1.807, 2.05) is 6.92 Å². The second-order valence-corrected chi connectivity index (χ2v) is 4.54. The van der Waals surface area contributed by atoms with Crippen molar-refractivity contribution in [2.45, 2.75) is 13.0 Å². The fourth-order valence-electron chi connectivity index (χ4n) is 1.78. The minimum absolute atomic E-state index is 0.230. The number of benzene rings is 1. The van der Waals surface area contributed by atoms with Gasteiger partial charge in [0, 0.05) is 25.0 Å². The molecule has 0 saturated heterocycles. The Morgan fingerprint density at radius 3 is 2.83 bits per heavy atom. The third-order valence-corrected chi connectivity index (χ3v) is 2.81. The quantitative estimate of drug-likeness (QED) is 0.582. The molecule has 0 spiro atoms. The van der Waals surface area contributed by atoms with Crippen LogP contribution >= 0.6 is 0 Å². The minimum atomic E-state index is -0.230. The molecule has 4 N–H and O–H groups in total. The van der Waals surface area contributed by atoms with E-state index >= 15 is 0 Å². The monoisotopic (exact) mass is 312 g/mol. The van der Waals surface area contributed by atoms with Crippen molar-refractivity contribution in [1.82, 2.24) is 0 Å². The van der Waals surface area contributed by atoms with Crippen LogP contribution in [0.1, 0.15) is 18.1 Å². The molecule has 7 heteroatoms. The molecule has 0 fully saturated rings. The number of hydrogen-bond acceptors (Lipinski definition) is 5. The molecule has 120 valence electrons. The van der Waals surface area contributed by atoms with Gasteiger partial charge in [0.05, 0.1) is 18.4 Å². The first kappa shape index (κ1) is 17.9. The van der Waals surface area contributed by atoms with Crippen molar-refractivity contribution in [3.63, 3.8) is 0 Å². The molecular weight excluding hydrogens is 292 g/mol. The van der Waals surface area contributed by atoms with Gasteiger partial charge in [-0.25, -0.2) is 4.99 Å². The molecule has 23 heavy (non-hydrogen) atoms. The predicted octanol–water partition coefficient (Wildman–Crippen LogP) is 1.34.